The molecular weight excluding hydrogens is 332 g/mol. The van der Waals surface area contributed by atoms with Gasteiger partial charge in [0.05, 0.1) is 23.3 Å². The van der Waals surface area contributed by atoms with Crippen LogP contribution in [0.2, 0.25) is 0 Å². The molecule has 2 aliphatic rings. The molecule has 0 saturated heterocycles. The Labute approximate surface area is 161 Å². The highest BCUT2D eigenvalue weighted by Gasteiger charge is 2.36. The van der Waals surface area contributed by atoms with E-state index in [1.807, 2.05) is 30.4 Å². The van der Waals surface area contributed by atoms with E-state index in [0.717, 1.165) is 48.2 Å². The Bertz CT molecular complexity index is 923. The molecule has 3 nitrogen and oxygen atoms in total. The molecule has 0 spiro atoms. The Morgan fingerprint density at radius 3 is 2.52 bits per heavy atom. The van der Waals surface area contributed by atoms with Crippen LogP contribution in [0.15, 0.2) is 54.6 Å². The number of methoxy groups -OCH3 is 1. The van der Waals surface area contributed by atoms with Gasteiger partial charge in [0.25, 0.3) is 0 Å². The number of aryl methyl sites for hydroxylation is 1. The summed E-state index contributed by atoms with van der Waals surface area (Å²) in [6.45, 7) is 0.481. The zero-order valence-electron chi connectivity index (χ0n) is 15.7. The van der Waals surface area contributed by atoms with Gasteiger partial charge in [-0.1, -0.05) is 61.1 Å². The van der Waals surface area contributed by atoms with E-state index >= 15 is 0 Å². The fraction of sp³-hybridized carbons (Fsp3) is 0.333. The number of nitrogens with zero attached hydrogens (tertiary/aromatic N) is 2. The van der Waals surface area contributed by atoms with Crippen molar-refractivity contribution in [1.29, 1.82) is 5.26 Å². The van der Waals surface area contributed by atoms with E-state index in [0.29, 0.717) is 12.2 Å². The van der Waals surface area contributed by atoms with E-state index in [2.05, 4.69) is 30.4 Å². The van der Waals surface area contributed by atoms with E-state index in [1.165, 1.54) is 12.0 Å². The van der Waals surface area contributed by atoms with Crippen molar-refractivity contribution in [3.63, 3.8) is 0 Å². The summed E-state index contributed by atoms with van der Waals surface area (Å²) in [4.78, 5) is 5.10. The summed E-state index contributed by atoms with van der Waals surface area (Å²) in [7, 11) is 1.70. The van der Waals surface area contributed by atoms with E-state index in [1.54, 1.807) is 7.11 Å². The molecule has 3 heteroatoms. The van der Waals surface area contributed by atoms with Gasteiger partial charge >= 0.3 is 0 Å². The zero-order valence-corrected chi connectivity index (χ0v) is 15.7. The second kappa shape index (κ2) is 7.50. The Hall–Kier alpha value is -2.70. The first-order valence-corrected chi connectivity index (χ1v) is 9.67. The molecule has 4 rings (SSSR count). The summed E-state index contributed by atoms with van der Waals surface area (Å²) in [5.74, 6) is 0. The van der Waals surface area contributed by atoms with Gasteiger partial charge in [-0.25, -0.2) is 0 Å². The summed E-state index contributed by atoms with van der Waals surface area (Å²) >= 11 is 0. The van der Waals surface area contributed by atoms with Gasteiger partial charge in [0.15, 0.2) is 0 Å². The number of ether oxygens (including phenoxy) is 1. The van der Waals surface area contributed by atoms with E-state index < -0.39 is 5.41 Å². The number of hydrogen-bond acceptors (Lipinski definition) is 3. The largest absolute Gasteiger partial charge is 0.383 e. The van der Waals surface area contributed by atoms with Crippen molar-refractivity contribution in [3.8, 4) is 17.2 Å². The number of fused-ring (bicyclic) bond motifs is 1. The van der Waals surface area contributed by atoms with Crippen molar-refractivity contribution in [2.75, 3.05) is 13.7 Å². The SMILES string of the molecule is COCC1(c2nc3c(c(-c4ccccc4)c2C#N)CCCCC3)C=CC=C1. The molecule has 0 unspecified atom stereocenters. The Morgan fingerprint density at radius 2 is 1.81 bits per heavy atom. The maximum Gasteiger partial charge on any atom is 0.102 e. The summed E-state index contributed by atoms with van der Waals surface area (Å²) in [6, 6.07) is 12.8. The molecule has 2 aromatic rings. The highest BCUT2D eigenvalue weighted by Crippen LogP contribution is 2.40. The summed E-state index contributed by atoms with van der Waals surface area (Å²) < 4.78 is 5.55. The first-order valence-electron chi connectivity index (χ1n) is 9.67. The van der Waals surface area contributed by atoms with Crippen LogP contribution < -0.4 is 0 Å². The fourth-order valence-electron chi connectivity index (χ4n) is 4.36. The zero-order chi connectivity index (χ0) is 18.7. The highest BCUT2D eigenvalue weighted by atomic mass is 16.5. The lowest BCUT2D eigenvalue weighted by atomic mass is 9.80. The monoisotopic (exact) mass is 356 g/mol. The molecule has 136 valence electrons. The minimum absolute atomic E-state index is 0.468. The van der Waals surface area contributed by atoms with Crippen molar-refractivity contribution >= 4 is 0 Å². The topological polar surface area (TPSA) is 45.9 Å². The second-order valence-corrected chi connectivity index (χ2v) is 7.37. The first kappa shape index (κ1) is 17.7. The number of aromatic nitrogens is 1. The molecule has 0 aliphatic heterocycles. The Kier molecular flexibility index (Phi) is 4.92. The maximum atomic E-state index is 10.2. The quantitative estimate of drug-likeness (QED) is 0.732. The minimum Gasteiger partial charge on any atom is -0.383 e. The van der Waals surface area contributed by atoms with Crippen LogP contribution in [0, 0.1) is 11.3 Å². The molecule has 0 saturated carbocycles. The molecule has 0 N–H and O–H groups in total. The lowest BCUT2D eigenvalue weighted by Crippen LogP contribution is -2.29. The maximum absolute atomic E-state index is 10.2. The summed E-state index contributed by atoms with van der Waals surface area (Å²) in [6.07, 6.45) is 13.8. The third-order valence-corrected chi connectivity index (χ3v) is 5.62. The van der Waals surface area contributed by atoms with Gasteiger partial charge < -0.3 is 4.74 Å². The number of benzene rings is 1. The second-order valence-electron chi connectivity index (χ2n) is 7.37. The van der Waals surface area contributed by atoms with Gasteiger partial charge in [0.2, 0.25) is 0 Å². The van der Waals surface area contributed by atoms with Crippen LogP contribution in [0.5, 0.6) is 0 Å². The van der Waals surface area contributed by atoms with Crippen LogP contribution in [0.1, 0.15) is 41.8 Å². The highest BCUT2D eigenvalue weighted by molar-refractivity contribution is 5.77. The van der Waals surface area contributed by atoms with Crippen molar-refractivity contribution in [2.24, 2.45) is 0 Å². The number of pyridine rings is 1. The molecule has 0 fully saturated rings. The van der Waals surface area contributed by atoms with E-state index in [9.17, 15) is 5.26 Å². The van der Waals surface area contributed by atoms with Crippen molar-refractivity contribution in [2.45, 2.75) is 37.5 Å². The third kappa shape index (κ3) is 3.11. The lowest BCUT2D eigenvalue weighted by molar-refractivity contribution is 0.168. The van der Waals surface area contributed by atoms with Gasteiger partial charge in [0.1, 0.15) is 6.07 Å². The Morgan fingerprint density at radius 1 is 1.07 bits per heavy atom. The van der Waals surface area contributed by atoms with Gasteiger partial charge in [-0.3, -0.25) is 4.98 Å². The fourth-order valence-corrected chi connectivity index (χ4v) is 4.36. The molecule has 1 aromatic heterocycles. The number of nitriles is 1. The van der Waals surface area contributed by atoms with Crippen LogP contribution >= 0.6 is 0 Å². The van der Waals surface area contributed by atoms with Crippen molar-refractivity contribution in [3.05, 3.63) is 77.2 Å². The molecule has 0 bridgehead atoms. The molecular formula is C24H24N2O. The van der Waals surface area contributed by atoms with Crippen LogP contribution in [-0.2, 0) is 23.0 Å². The minimum atomic E-state index is -0.468. The normalized spacial score (nSPS) is 17.3. The Balaban J connectivity index is 2.04. The predicted molar refractivity (Wildman–Crippen MR) is 107 cm³/mol. The summed E-state index contributed by atoms with van der Waals surface area (Å²) in [5.41, 5.74) is 5.65. The van der Waals surface area contributed by atoms with E-state index in [4.69, 9.17) is 9.72 Å². The van der Waals surface area contributed by atoms with E-state index in [-0.39, 0.29) is 0 Å². The van der Waals surface area contributed by atoms with Crippen LogP contribution in [0.3, 0.4) is 0 Å². The van der Waals surface area contributed by atoms with Crippen molar-refractivity contribution < 1.29 is 4.74 Å². The number of allylic oxidation sites excluding steroid dienone is 2. The van der Waals surface area contributed by atoms with Crippen LogP contribution in [0.4, 0.5) is 0 Å². The standard InChI is InChI=1S/C24H24N2O/c1-27-17-24(14-8-9-15-24)23-20(16-25)22(18-10-4-2-5-11-18)19-12-6-3-7-13-21(19)26-23/h2,4-5,8-11,14-15H,3,6-7,12-13,17H2,1H3. The molecule has 0 atom stereocenters. The van der Waals surface area contributed by atoms with Crippen LogP contribution in [0.25, 0.3) is 11.1 Å². The smallest absolute Gasteiger partial charge is 0.102 e. The van der Waals surface area contributed by atoms with Gasteiger partial charge in [-0.15, -0.1) is 0 Å². The third-order valence-electron chi connectivity index (χ3n) is 5.62. The first-order chi connectivity index (χ1) is 13.3. The van der Waals surface area contributed by atoms with Crippen molar-refractivity contribution in [1.82, 2.24) is 4.98 Å². The molecule has 1 aromatic carbocycles. The molecule has 1 heterocycles. The summed E-state index contributed by atoms with van der Waals surface area (Å²) in [5, 5.41) is 10.2. The predicted octanol–water partition coefficient (Wildman–Crippen LogP) is 4.90. The van der Waals surface area contributed by atoms with Gasteiger partial charge in [0, 0.05) is 18.4 Å². The number of rotatable bonds is 4. The van der Waals surface area contributed by atoms with Gasteiger partial charge in [-0.05, 0) is 36.8 Å². The average molecular weight is 356 g/mol. The van der Waals surface area contributed by atoms with Crippen LogP contribution in [-0.4, -0.2) is 18.7 Å². The van der Waals surface area contributed by atoms with Gasteiger partial charge in [-0.2, -0.15) is 5.26 Å². The average Bonchev–Trinajstić information content (AvgIpc) is 3.05. The molecule has 27 heavy (non-hydrogen) atoms. The molecule has 0 amide bonds. The lowest BCUT2D eigenvalue weighted by Gasteiger charge is -2.28. The molecule has 2 aliphatic carbocycles. The molecule has 0 radical (unpaired) electrons. The number of hydrogen-bond donors (Lipinski definition) is 0.